The first-order valence-electron chi connectivity index (χ1n) is 6.55. The fourth-order valence-electron chi connectivity index (χ4n) is 1.69. The molecule has 1 aromatic carbocycles. The van der Waals surface area contributed by atoms with E-state index in [9.17, 15) is 9.59 Å². The van der Waals surface area contributed by atoms with Gasteiger partial charge in [0.25, 0.3) is 5.91 Å². The second-order valence-corrected chi connectivity index (χ2v) is 5.22. The van der Waals surface area contributed by atoms with Crippen LogP contribution in [0.1, 0.15) is 23.0 Å². The van der Waals surface area contributed by atoms with Crippen LogP contribution in [0, 0.1) is 0 Å². The Labute approximate surface area is 140 Å². The van der Waals surface area contributed by atoms with Crippen molar-refractivity contribution in [2.45, 2.75) is 6.92 Å². The molecule has 0 saturated heterocycles. The third-order valence-electron chi connectivity index (χ3n) is 2.84. The summed E-state index contributed by atoms with van der Waals surface area (Å²) in [5.74, 6) is -0.171. The van der Waals surface area contributed by atoms with Crippen LogP contribution in [0.3, 0.4) is 0 Å². The topological polar surface area (TPSA) is 92.9 Å². The lowest BCUT2D eigenvalue weighted by Crippen LogP contribution is -2.18. The summed E-state index contributed by atoms with van der Waals surface area (Å²) in [5.41, 5.74) is 4.11. The van der Waals surface area contributed by atoms with Crippen LogP contribution in [0.15, 0.2) is 50.6 Å². The number of nitrogens with zero attached hydrogens (tertiary/aromatic N) is 1. The Balaban J connectivity index is 2.10. The highest BCUT2D eigenvalue weighted by molar-refractivity contribution is 9.10. The Morgan fingerprint density at radius 2 is 2.04 bits per heavy atom. The number of ether oxygens (including phenoxy) is 1. The third-order valence-corrected chi connectivity index (χ3v) is 3.26. The number of carbonyl (C=O) groups is 2. The number of carbonyl (C=O) groups excluding carboxylic acids is 2. The molecule has 7 nitrogen and oxygen atoms in total. The molecular weight excluding hydrogens is 366 g/mol. The number of halogens is 1. The average Bonchev–Trinajstić information content (AvgIpc) is 2.99. The molecule has 8 heteroatoms. The first-order valence-corrected chi connectivity index (χ1v) is 7.34. The van der Waals surface area contributed by atoms with Crippen LogP contribution in [0.2, 0.25) is 0 Å². The summed E-state index contributed by atoms with van der Waals surface area (Å²) < 4.78 is 10.1. The molecule has 23 heavy (non-hydrogen) atoms. The van der Waals surface area contributed by atoms with Crippen LogP contribution in [-0.2, 0) is 4.74 Å². The Morgan fingerprint density at radius 3 is 2.70 bits per heavy atom. The summed E-state index contributed by atoms with van der Waals surface area (Å²) in [6.07, 6.45) is -0.655. The quantitative estimate of drug-likeness (QED) is 0.628. The molecule has 2 rings (SSSR count). The first-order chi connectivity index (χ1) is 11.0. The van der Waals surface area contributed by atoms with Crippen molar-refractivity contribution in [2.75, 3.05) is 12.4 Å². The van der Waals surface area contributed by atoms with E-state index in [1.807, 2.05) is 0 Å². The predicted molar refractivity (Wildman–Crippen MR) is 88.6 cm³/mol. The Morgan fingerprint density at radius 1 is 1.26 bits per heavy atom. The van der Waals surface area contributed by atoms with Crippen molar-refractivity contribution in [3.8, 4) is 0 Å². The zero-order valence-electron chi connectivity index (χ0n) is 12.4. The van der Waals surface area contributed by atoms with Gasteiger partial charge in [-0.3, -0.25) is 4.79 Å². The largest absolute Gasteiger partial charge is 0.452 e. The number of hydrogen-bond donors (Lipinski definition) is 2. The Kier molecular flexibility index (Phi) is 5.53. The van der Waals surface area contributed by atoms with Crippen molar-refractivity contribution in [2.24, 2.45) is 5.10 Å². The number of hydrazone groups is 1. The normalized spacial score (nSPS) is 11.0. The smallest absolute Gasteiger partial charge is 0.427 e. The van der Waals surface area contributed by atoms with Gasteiger partial charge in [-0.1, -0.05) is 12.1 Å². The molecule has 0 radical (unpaired) electrons. The van der Waals surface area contributed by atoms with E-state index in [1.165, 1.54) is 7.11 Å². The molecule has 2 aromatic rings. The van der Waals surface area contributed by atoms with E-state index in [0.29, 0.717) is 16.1 Å². The predicted octanol–water partition coefficient (Wildman–Crippen LogP) is 3.37. The molecule has 0 atom stereocenters. The number of anilines is 1. The van der Waals surface area contributed by atoms with Gasteiger partial charge in [-0.15, -0.1) is 0 Å². The van der Waals surface area contributed by atoms with Crippen LogP contribution in [-0.4, -0.2) is 24.8 Å². The van der Waals surface area contributed by atoms with Crippen molar-refractivity contribution in [3.05, 3.63) is 52.4 Å². The van der Waals surface area contributed by atoms with E-state index in [4.69, 9.17) is 4.42 Å². The van der Waals surface area contributed by atoms with Crippen molar-refractivity contribution >= 4 is 39.3 Å². The average molecular weight is 380 g/mol. The summed E-state index contributed by atoms with van der Waals surface area (Å²) in [5, 5.41) is 6.62. The summed E-state index contributed by atoms with van der Waals surface area (Å²) in [6, 6.07) is 10.2. The van der Waals surface area contributed by atoms with Crippen molar-refractivity contribution in [3.63, 3.8) is 0 Å². The van der Waals surface area contributed by atoms with Gasteiger partial charge in [-0.2, -0.15) is 5.10 Å². The zero-order valence-corrected chi connectivity index (χ0v) is 14.0. The minimum atomic E-state index is -0.655. The molecule has 0 fully saturated rings. The van der Waals surface area contributed by atoms with Gasteiger partial charge in [0, 0.05) is 5.69 Å². The SMILES string of the molecule is COC(=O)N/N=C(/C)c1cccc(NC(=O)c2ccc(Br)o2)c1. The second kappa shape index (κ2) is 7.59. The maximum atomic E-state index is 12.0. The van der Waals surface area contributed by atoms with Gasteiger partial charge in [0.2, 0.25) is 0 Å². The van der Waals surface area contributed by atoms with Crippen molar-refractivity contribution in [1.29, 1.82) is 0 Å². The third kappa shape index (κ3) is 4.68. The highest BCUT2D eigenvalue weighted by atomic mass is 79.9. The van der Waals surface area contributed by atoms with Crippen LogP contribution in [0.25, 0.3) is 0 Å². The minimum Gasteiger partial charge on any atom is -0.452 e. The van der Waals surface area contributed by atoms with Crippen LogP contribution in [0.4, 0.5) is 10.5 Å². The van der Waals surface area contributed by atoms with Crippen LogP contribution >= 0.6 is 15.9 Å². The molecule has 0 aliphatic heterocycles. The van der Waals surface area contributed by atoms with E-state index < -0.39 is 6.09 Å². The summed E-state index contributed by atoms with van der Waals surface area (Å²) in [6.45, 7) is 1.72. The molecule has 1 aromatic heterocycles. The molecule has 0 saturated carbocycles. The zero-order chi connectivity index (χ0) is 16.8. The van der Waals surface area contributed by atoms with Gasteiger partial charge in [0.15, 0.2) is 10.4 Å². The molecule has 0 aliphatic carbocycles. The summed E-state index contributed by atoms with van der Waals surface area (Å²) >= 11 is 3.14. The van der Waals surface area contributed by atoms with Crippen molar-refractivity contribution in [1.82, 2.24) is 5.43 Å². The Bertz CT molecular complexity index is 755. The van der Waals surface area contributed by atoms with Crippen molar-refractivity contribution < 1.29 is 18.7 Å². The Hall–Kier alpha value is -2.61. The lowest BCUT2D eigenvalue weighted by atomic mass is 10.1. The van der Waals surface area contributed by atoms with Gasteiger partial charge in [-0.25, -0.2) is 10.2 Å². The number of benzene rings is 1. The molecule has 0 aliphatic rings. The molecule has 2 N–H and O–H groups in total. The highest BCUT2D eigenvalue weighted by Gasteiger charge is 2.11. The molecule has 2 amide bonds. The summed E-state index contributed by atoms with van der Waals surface area (Å²) in [4.78, 5) is 23.0. The number of methoxy groups -OCH3 is 1. The van der Waals surface area contributed by atoms with E-state index in [0.717, 1.165) is 5.56 Å². The fraction of sp³-hybridized carbons (Fsp3) is 0.133. The first kappa shape index (κ1) is 16.8. The number of nitrogens with one attached hydrogen (secondary N) is 2. The lowest BCUT2D eigenvalue weighted by molar-refractivity contribution is 0.0995. The maximum Gasteiger partial charge on any atom is 0.427 e. The molecule has 0 spiro atoms. The minimum absolute atomic E-state index is 0.194. The monoisotopic (exact) mass is 379 g/mol. The number of hydrogen-bond acceptors (Lipinski definition) is 5. The standard InChI is InChI=1S/C15H14BrN3O4/c1-9(18-19-15(21)22-2)10-4-3-5-11(8-10)17-14(20)12-6-7-13(16)23-12/h3-8H,1-2H3,(H,17,20)(H,19,21)/b18-9-. The van der Waals surface area contributed by atoms with Gasteiger partial charge >= 0.3 is 6.09 Å². The maximum absolute atomic E-state index is 12.0. The number of amides is 2. The highest BCUT2D eigenvalue weighted by Crippen LogP contribution is 2.17. The second-order valence-electron chi connectivity index (χ2n) is 4.44. The molecule has 120 valence electrons. The van der Waals surface area contributed by atoms with E-state index in [2.05, 4.69) is 36.5 Å². The number of furan rings is 1. The van der Waals surface area contributed by atoms with Gasteiger partial charge in [0.1, 0.15) is 0 Å². The summed E-state index contributed by atoms with van der Waals surface area (Å²) in [7, 11) is 1.25. The number of rotatable bonds is 4. The van der Waals surface area contributed by atoms with Gasteiger partial charge in [0.05, 0.1) is 12.8 Å². The van der Waals surface area contributed by atoms with E-state index in [1.54, 1.807) is 43.3 Å². The van der Waals surface area contributed by atoms with Crippen LogP contribution < -0.4 is 10.7 Å². The van der Waals surface area contributed by atoms with E-state index >= 15 is 0 Å². The lowest BCUT2D eigenvalue weighted by Gasteiger charge is -2.06. The van der Waals surface area contributed by atoms with Crippen LogP contribution in [0.5, 0.6) is 0 Å². The molecule has 0 unspecified atom stereocenters. The molecular formula is C15H14BrN3O4. The van der Waals surface area contributed by atoms with Gasteiger partial charge in [-0.05, 0) is 52.7 Å². The molecule has 1 heterocycles. The fourth-order valence-corrected chi connectivity index (χ4v) is 2.00. The molecule has 0 bridgehead atoms. The van der Waals surface area contributed by atoms with Gasteiger partial charge < -0.3 is 14.5 Å². The van der Waals surface area contributed by atoms with E-state index in [-0.39, 0.29) is 11.7 Å².